The molecule has 0 radical (unpaired) electrons. The molecule has 1 N–H and O–H groups in total. The van der Waals surface area contributed by atoms with Gasteiger partial charge in [0.15, 0.2) is 0 Å². The van der Waals surface area contributed by atoms with Gasteiger partial charge in [0, 0.05) is 14.1 Å². The van der Waals surface area contributed by atoms with Crippen LogP contribution in [0.25, 0.3) is 0 Å². The molecule has 0 amide bonds. The Morgan fingerprint density at radius 1 is 1.19 bits per heavy atom. The summed E-state index contributed by atoms with van der Waals surface area (Å²) in [6, 6.07) is 7.21. The van der Waals surface area contributed by atoms with E-state index in [1.54, 1.807) is 19.1 Å². The monoisotopic (exact) mass is 391 g/mol. The second kappa shape index (κ2) is 8.72. The third kappa shape index (κ3) is 4.68. The van der Waals surface area contributed by atoms with Crippen molar-refractivity contribution in [3.63, 3.8) is 0 Å². The molecule has 9 heteroatoms. The molecule has 0 fully saturated rings. The Morgan fingerprint density at radius 3 is 2.41 bits per heavy atom. The van der Waals surface area contributed by atoms with Gasteiger partial charge < -0.3 is 9.84 Å². The maximum Gasteiger partial charge on any atom is 0.333 e. The highest BCUT2D eigenvalue weighted by molar-refractivity contribution is 8.15. The van der Waals surface area contributed by atoms with Gasteiger partial charge >= 0.3 is 11.7 Å². The van der Waals surface area contributed by atoms with Gasteiger partial charge in [0.05, 0.1) is 18.0 Å². The Kier molecular flexibility index (Phi) is 6.62. The van der Waals surface area contributed by atoms with Crippen molar-refractivity contribution in [1.82, 2.24) is 9.13 Å². The third-order valence-electron chi connectivity index (χ3n) is 3.74. The van der Waals surface area contributed by atoms with Gasteiger partial charge in [-0.25, -0.2) is 9.79 Å². The van der Waals surface area contributed by atoms with Crippen molar-refractivity contribution >= 4 is 28.5 Å². The Bertz CT molecular complexity index is 990. The molecule has 8 nitrogen and oxygen atoms in total. The molecule has 0 unspecified atom stereocenters. The Labute approximate surface area is 160 Å². The minimum Gasteiger partial charge on any atom is -0.494 e. The van der Waals surface area contributed by atoms with Gasteiger partial charge in [-0.3, -0.25) is 18.7 Å². The van der Waals surface area contributed by atoms with Gasteiger partial charge in [-0.1, -0.05) is 29.5 Å². The first-order valence-electron chi connectivity index (χ1n) is 8.19. The van der Waals surface area contributed by atoms with E-state index in [0.717, 1.165) is 26.5 Å². The molecule has 0 atom stereocenters. The van der Waals surface area contributed by atoms with Crippen LogP contribution in [0.4, 0.5) is 5.69 Å². The lowest BCUT2D eigenvalue weighted by atomic mass is 10.2. The normalized spacial score (nSPS) is 11.5. The van der Waals surface area contributed by atoms with E-state index < -0.39 is 23.1 Å². The highest BCUT2D eigenvalue weighted by Crippen LogP contribution is 2.23. The number of aromatic nitrogens is 2. The molecule has 1 aromatic carbocycles. The fourth-order valence-corrected chi connectivity index (χ4v) is 3.08. The maximum atomic E-state index is 12.6. The fourth-order valence-electron chi connectivity index (χ4n) is 2.25. The second-order valence-electron chi connectivity index (χ2n) is 5.75. The zero-order valence-electron chi connectivity index (χ0n) is 15.6. The Morgan fingerprint density at radius 2 is 1.81 bits per heavy atom. The number of aromatic hydroxyl groups is 1. The van der Waals surface area contributed by atoms with Gasteiger partial charge in [-0.05, 0) is 26.0 Å². The summed E-state index contributed by atoms with van der Waals surface area (Å²) in [4.78, 5) is 40.7. The van der Waals surface area contributed by atoms with Crippen LogP contribution in [0.1, 0.15) is 18.1 Å². The number of thioether (sulfide) groups is 1. The number of carbonyl (C=O) groups is 1. The van der Waals surface area contributed by atoms with Crippen molar-refractivity contribution < 1.29 is 14.6 Å². The molecule has 0 saturated carbocycles. The van der Waals surface area contributed by atoms with Crippen LogP contribution < -0.4 is 11.2 Å². The van der Waals surface area contributed by atoms with Crippen LogP contribution in [-0.4, -0.2) is 37.6 Å². The number of benzene rings is 1. The van der Waals surface area contributed by atoms with Crippen LogP contribution in [0.5, 0.6) is 5.88 Å². The number of nitrogens with zero attached hydrogens (tertiary/aromatic N) is 3. The summed E-state index contributed by atoms with van der Waals surface area (Å²) in [5, 5.41) is 10.5. The van der Waals surface area contributed by atoms with Crippen LogP contribution in [0, 0.1) is 6.92 Å². The number of ether oxygens (including phenoxy) is 1. The molecule has 27 heavy (non-hydrogen) atoms. The molecule has 0 aliphatic carbocycles. The molecule has 1 aromatic heterocycles. The van der Waals surface area contributed by atoms with Crippen LogP contribution in [-0.2, 0) is 23.6 Å². The molecule has 144 valence electrons. The van der Waals surface area contributed by atoms with E-state index in [4.69, 9.17) is 4.74 Å². The van der Waals surface area contributed by atoms with E-state index in [1.165, 1.54) is 14.1 Å². The predicted molar refractivity (Wildman–Crippen MR) is 105 cm³/mol. The summed E-state index contributed by atoms with van der Waals surface area (Å²) in [6.45, 7) is 3.85. The first-order valence-corrected chi connectivity index (χ1v) is 9.18. The van der Waals surface area contributed by atoms with Crippen molar-refractivity contribution in [2.24, 2.45) is 19.1 Å². The van der Waals surface area contributed by atoms with Crippen LogP contribution in [0.15, 0.2) is 38.8 Å². The molecule has 1 heterocycles. The van der Waals surface area contributed by atoms with Crippen LogP contribution in [0.2, 0.25) is 0 Å². The van der Waals surface area contributed by atoms with Crippen molar-refractivity contribution in [2.75, 3.05) is 12.4 Å². The quantitative estimate of drug-likeness (QED) is 0.470. The molecule has 0 aliphatic heterocycles. The molecular formula is C18H21N3O5S. The topological polar surface area (TPSA) is 103 Å². The molecular weight excluding hydrogens is 370 g/mol. The van der Waals surface area contributed by atoms with Crippen LogP contribution in [0.3, 0.4) is 0 Å². The summed E-state index contributed by atoms with van der Waals surface area (Å²) < 4.78 is 6.74. The zero-order valence-corrected chi connectivity index (χ0v) is 16.4. The van der Waals surface area contributed by atoms with E-state index in [9.17, 15) is 19.5 Å². The van der Waals surface area contributed by atoms with Gasteiger partial charge in [0.1, 0.15) is 10.6 Å². The van der Waals surface area contributed by atoms with E-state index in [-0.39, 0.29) is 23.0 Å². The predicted octanol–water partition coefficient (Wildman–Crippen LogP) is 1.47. The standard InChI is InChI=1S/C18H21N3O5S/c1-5-26-13(22)10-27-15(19-12-8-6-11(2)7-9-12)14-16(23)20(3)18(25)21(4)17(14)24/h6-9,23H,5,10H2,1-4H3. The first-order chi connectivity index (χ1) is 12.8. The Hall–Kier alpha value is -2.81. The minimum absolute atomic E-state index is 0.0933. The molecule has 0 saturated heterocycles. The average Bonchev–Trinajstić information content (AvgIpc) is 2.64. The smallest absolute Gasteiger partial charge is 0.333 e. The minimum atomic E-state index is -0.696. The average molecular weight is 391 g/mol. The van der Waals surface area contributed by atoms with E-state index >= 15 is 0 Å². The van der Waals surface area contributed by atoms with E-state index in [0.29, 0.717) is 5.69 Å². The van der Waals surface area contributed by atoms with Gasteiger partial charge in [-0.2, -0.15) is 0 Å². The highest BCUT2D eigenvalue weighted by Gasteiger charge is 2.22. The maximum absolute atomic E-state index is 12.6. The number of aryl methyl sites for hydroxylation is 1. The number of carbonyl (C=O) groups excluding carboxylic acids is 1. The summed E-state index contributed by atoms with van der Waals surface area (Å²) in [5.74, 6) is -1.07. The fraction of sp³-hybridized carbons (Fsp3) is 0.333. The lowest BCUT2D eigenvalue weighted by Crippen LogP contribution is -2.39. The first kappa shape index (κ1) is 20.5. The van der Waals surface area contributed by atoms with Crippen LogP contribution >= 0.6 is 11.8 Å². The van der Waals surface area contributed by atoms with Gasteiger partial charge in [-0.15, -0.1) is 0 Å². The van der Waals surface area contributed by atoms with E-state index in [1.807, 2.05) is 19.1 Å². The largest absolute Gasteiger partial charge is 0.494 e. The SMILES string of the molecule is CCOC(=O)CSC(=Nc1ccc(C)cc1)c1c(O)n(C)c(=O)n(C)c1=O. The van der Waals surface area contributed by atoms with Gasteiger partial charge in [0.25, 0.3) is 5.56 Å². The number of rotatable bonds is 5. The van der Waals surface area contributed by atoms with Gasteiger partial charge in [0.2, 0.25) is 5.88 Å². The molecule has 2 aromatic rings. The zero-order chi connectivity index (χ0) is 20.1. The summed E-state index contributed by atoms with van der Waals surface area (Å²) in [6.07, 6.45) is 0. The molecule has 0 bridgehead atoms. The number of esters is 1. The van der Waals surface area contributed by atoms with Crippen molar-refractivity contribution in [1.29, 1.82) is 0 Å². The molecule has 0 aliphatic rings. The molecule has 0 spiro atoms. The highest BCUT2D eigenvalue weighted by atomic mass is 32.2. The van der Waals surface area contributed by atoms with E-state index in [2.05, 4.69) is 4.99 Å². The number of hydrogen-bond donors (Lipinski definition) is 1. The summed E-state index contributed by atoms with van der Waals surface area (Å²) in [7, 11) is 2.66. The number of hydrogen-bond acceptors (Lipinski definition) is 7. The van der Waals surface area contributed by atoms with Crippen molar-refractivity contribution in [3.05, 3.63) is 56.2 Å². The number of aliphatic imine (C=N–C) groups is 1. The Balaban J connectivity index is 2.59. The molecule has 2 rings (SSSR count). The summed E-state index contributed by atoms with van der Waals surface area (Å²) in [5.41, 5.74) is 0.0800. The lowest BCUT2D eigenvalue weighted by molar-refractivity contribution is -0.139. The third-order valence-corrected chi connectivity index (χ3v) is 4.69. The lowest BCUT2D eigenvalue weighted by Gasteiger charge is -2.12. The summed E-state index contributed by atoms with van der Waals surface area (Å²) >= 11 is 0.960. The van der Waals surface area contributed by atoms with Crippen molar-refractivity contribution in [2.45, 2.75) is 13.8 Å². The van der Waals surface area contributed by atoms with Crippen molar-refractivity contribution in [3.8, 4) is 5.88 Å². The second-order valence-corrected chi connectivity index (χ2v) is 6.71.